The Hall–Kier alpha value is -2.42. The van der Waals surface area contributed by atoms with E-state index in [1.54, 1.807) is 6.92 Å². The normalized spacial score (nSPS) is 20.5. The highest BCUT2D eigenvalue weighted by atomic mass is 32.1. The number of aromatic nitrogens is 1. The number of hydrogen-bond acceptors (Lipinski definition) is 4. The number of aliphatic carboxylic acids is 1. The second-order valence-electron chi connectivity index (χ2n) is 6.81. The summed E-state index contributed by atoms with van der Waals surface area (Å²) in [6.07, 6.45) is -3.40. The Labute approximate surface area is 157 Å². The molecule has 3 rings (SSSR count). The Balaban J connectivity index is 1.82. The number of amides is 1. The van der Waals surface area contributed by atoms with Gasteiger partial charge in [-0.15, -0.1) is 11.3 Å². The summed E-state index contributed by atoms with van der Waals surface area (Å²) < 4.78 is 38.6. The summed E-state index contributed by atoms with van der Waals surface area (Å²) in [4.78, 5) is 29.7. The minimum atomic E-state index is -4.46. The number of hydrogen-bond donors (Lipinski definition) is 1. The Morgan fingerprint density at radius 2 is 2.07 bits per heavy atom. The van der Waals surface area contributed by atoms with E-state index in [4.69, 9.17) is 0 Å². The molecule has 1 amide bonds. The van der Waals surface area contributed by atoms with Gasteiger partial charge in [-0.25, -0.2) is 4.98 Å². The molecule has 1 atom stereocenters. The molecule has 144 valence electrons. The molecule has 2 heterocycles. The van der Waals surface area contributed by atoms with E-state index < -0.39 is 29.0 Å². The lowest BCUT2D eigenvalue weighted by Crippen LogP contribution is -2.48. The molecule has 0 spiro atoms. The number of nitrogens with zero attached hydrogens (tertiary/aromatic N) is 2. The second-order valence-corrected chi connectivity index (χ2v) is 7.67. The molecule has 1 saturated heterocycles. The highest BCUT2D eigenvalue weighted by Gasteiger charge is 2.40. The lowest BCUT2D eigenvalue weighted by atomic mass is 9.82. The van der Waals surface area contributed by atoms with Crippen LogP contribution in [0.3, 0.4) is 0 Å². The van der Waals surface area contributed by atoms with Crippen molar-refractivity contribution in [2.75, 3.05) is 13.1 Å². The zero-order valence-corrected chi connectivity index (χ0v) is 15.2. The molecular weight excluding hydrogens is 381 g/mol. The van der Waals surface area contributed by atoms with Crippen molar-refractivity contribution in [2.24, 2.45) is 5.41 Å². The number of carbonyl (C=O) groups is 2. The third-order valence-electron chi connectivity index (χ3n) is 4.66. The average Bonchev–Trinajstić information content (AvgIpc) is 3.10. The Kier molecular flexibility index (Phi) is 4.98. The van der Waals surface area contributed by atoms with Crippen LogP contribution < -0.4 is 0 Å². The minimum Gasteiger partial charge on any atom is -0.481 e. The quantitative estimate of drug-likeness (QED) is 0.843. The van der Waals surface area contributed by atoms with Gasteiger partial charge in [-0.05, 0) is 31.9 Å². The standard InChI is InChI=1S/C18H17F3N2O3S/c1-17(16(25)26)6-3-7-23(10-17)15(24)13-9-27-14(22-13)11-4-2-5-12(8-11)18(19,20)21/h2,4-5,8-9H,3,6-7,10H2,1H3,(H,25,26). The van der Waals surface area contributed by atoms with E-state index >= 15 is 0 Å². The fourth-order valence-electron chi connectivity index (χ4n) is 3.08. The third kappa shape index (κ3) is 3.97. The summed E-state index contributed by atoms with van der Waals surface area (Å²) in [5.74, 6) is -1.36. The molecular formula is C18H17F3N2O3S. The number of carboxylic acids is 1. The van der Waals surface area contributed by atoms with E-state index in [2.05, 4.69) is 4.98 Å². The van der Waals surface area contributed by atoms with Crippen molar-refractivity contribution in [1.29, 1.82) is 0 Å². The predicted octanol–water partition coefficient (Wildman–Crippen LogP) is 4.16. The van der Waals surface area contributed by atoms with Crippen molar-refractivity contribution >= 4 is 23.2 Å². The van der Waals surface area contributed by atoms with Crippen LogP contribution in [0.15, 0.2) is 29.6 Å². The van der Waals surface area contributed by atoms with Gasteiger partial charge in [0.1, 0.15) is 10.7 Å². The van der Waals surface area contributed by atoms with Gasteiger partial charge < -0.3 is 10.0 Å². The smallest absolute Gasteiger partial charge is 0.416 e. The first-order valence-corrected chi connectivity index (χ1v) is 9.14. The predicted molar refractivity (Wildman–Crippen MR) is 93.4 cm³/mol. The van der Waals surface area contributed by atoms with E-state index in [-0.39, 0.29) is 17.8 Å². The van der Waals surface area contributed by atoms with Crippen LogP contribution in [-0.4, -0.2) is 40.0 Å². The molecule has 0 aliphatic carbocycles. The summed E-state index contributed by atoms with van der Waals surface area (Å²) in [5.41, 5.74) is -1.39. The van der Waals surface area contributed by atoms with Crippen LogP contribution in [-0.2, 0) is 11.0 Å². The number of carboxylic acid groups (broad SMARTS) is 1. The van der Waals surface area contributed by atoms with Crippen molar-refractivity contribution in [1.82, 2.24) is 9.88 Å². The SMILES string of the molecule is CC1(C(=O)O)CCCN(C(=O)c2csc(-c3cccc(C(F)(F)F)c3)n2)C1. The fraction of sp³-hybridized carbons (Fsp3) is 0.389. The van der Waals surface area contributed by atoms with Crippen LogP contribution in [0.4, 0.5) is 13.2 Å². The maximum Gasteiger partial charge on any atom is 0.416 e. The number of piperidine rings is 1. The van der Waals surface area contributed by atoms with E-state index in [1.165, 1.54) is 22.4 Å². The summed E-state index contributed by atoms with van der Waals surface area (Å²) in [7, 11) is 0. The molecule has 1 aliphatic rings. The topological polar surface area (TPSA) is 70.5 Å². The van der Waals surface area contributed by atoms with E-state index in [9.17, 15) is 27.9 Å². The first kappa shape index (κ1) is 19.3. The van der Waals surface area contributed by atoms with Gasteiger partial charge in [0.2, 0.25) is 0 Å². The zero-order valence-electron chi connectivity index (χ0n) is 14.4. The summed E-state index contributed by atoms with van der Waals surface area (Å²) in [6, 6.07) is 4.77. The molecule has 2 aromatic rings. The van der Waals surface area contributed by atoms with Crippen LogP contribution in [0.2, 0.25) is 0 Å². The molecule has 1 aromatic heterocycles. The number of rotatable bonds is 3. The number of thiazole rings is 1. The van der Waals surface area contributed by atoms with Crippen molar-refractivity contribution in [3.8, 4) is 10.6 Å². The number of benzene rings is 1. The first-order chi connectivity index (χ1) is 12.6. The van der Waals surface area contributed by atoms with Crippen molar-refractivity contribution < 1.29 is 27.9 Å². The third-order valence-corrected chi connectivity index (χ3v) is 5.55. The molecule has 9 heteroatoms. The molecule has 0 radical (unpaired) electrons. The number of carbonyl (C=O) groups excluding carboxylic acids is 1. The largest absolute Gasteiger partial charge is 0.481 e. The van der Waals surface area contributed by atoms with Gasteiger partial charge in [0.05, 0.1) is 11.0 Å². The lowest BCUT2D eigenvalue weighted by molar-refractivity contribution is -0.150. The van der Waals surface area contributed by atoms with E-state index in [1.807, 2.05) is 0 Å². The van der Waals surface area contributed by atoms with Crippen molar-refractivity contribution in [2.45, 2.75) is 25.9 Å². The van der Waals surface area contributed by atoms with Gasteiger partial charge >= 0.3 is 12.1 Å². The number of alkyl halides is 3. The number of likely N-dealkylation sites (tertiary alicyclic amines) is 1. The van der Waals surface area contributed by atoms with Crippen LogP contribution in [0.25, 0.3) is 10.6 Å². The van der Waals surface area contributed by atoms with Crippen molar-refractivity contribution in [3.05, 3.63) is 40.9 Å². The summed E-state index contributed by atoms with van der Waals surface area (Å²) >= 11 is 1.08. The molecule has 5 nitrogen and oxygen atoms in total. The maximum absolute atomic E-state index is 12.9. The van der Waals surface area contributed by atoms with Crippen molar-refractivity contribution in [3.63, 3.8) is 0 Å². The van der Waals surface area contributed by atoms with Crippen LogP contribution in [0.1, 0.15) is 35.8 Å². The highest BCUT2D eigenvalue weighted by Crippen LogP contribution is 2.34. The van der Waals surface area contributed by atoms with Gasteiger partial charge in [-0.3, -0.25) is 9.59 Å². The van der Waals surface area contributed by atoms with Gasteiger partial charge in [0, 0.05) is 24.0 Å². The zero-order chi connectivity index (χ0) is 19.8. The Morgan fingerprint density at radius 1 is 1.33 bits per heavy atom. The molecule has 0 bridgehead atoms. The summed E-state index contributed by atoms with van der Waals surface area (Å²) in [5, 5.41) is 11.2. The van der Waals surface area contributed by atoms with E-state index in [0.717, 1.165) is 23.5 Å². The molecule has 1 N–H and O–H groups in total. The summed E-state index contributed by atoms with van der Waals surface area (Å²) in [6.45, 7) is 2.11. The number of halogens is 3. The van der Waals surface area contributed by atoms with Crippen LogP contribution in [0, 0.1) is 5.41 Å². The fourth-order valence-corrected chi connectivity index (χ4v) is 3.87. The minimum absolute atomic E-state index is 0.0809. The Morgan fingerprint density at radius 3 is 2.74 bits per heavy atom. The first-order valence-electron chi connectivity index (χ1n) is 8.26. The van der Waals surface area contributed by atoms with Gasteiger partial charge in [0.25, 0.3) is 5.91 Å². The average molecular weight is 398 g/mol. The van der Waals surface area contributed by atoms with Gasteiger partial charge in [-0.1, -0.05) is 12.1 Å². The molecule has 1 aliphatic heterocycles. The van der Waals surface area contributed by atoms with Crippen LogP contribution in [0.5, 0.6) is 0 Å². The highest BCUT2D eigenvalue weighted by molar-refractivity contribution is 7.13. The Bertz CT molecular complexity index is 881. The molecule has 27 heavy (non-hydrogen) atoms. The van der Waals surface area contributed by atoms with Gasteiger partial charge in [0.15, 0.2) is 0 Å². The molecule has 0 saturated carbocycles. The molecule has 1 aromatic carbocycles. The molecule has 1 unspecified atom stereocenters. The monoisotopic (exact) mass is 398 g/mol. The maximum atomic E-state index is 12.9. The van der Waals surface area contributed by atoms with Gasteiger partial charge in [-0.2, -0.15) is 13.2 Å². The second kappa shape index (κ2) is 6.95. The van der Waals surface area contributed by atoms with Crippen LogP contribution >= 0.6 is 11.3 Å². The lowest BCUT2D eigenvalue weighted by Gasteiger charge is -2.37. The van der Waals surface area contributed by atoms with E-state index in [0.29, 0.717) is 24.4 Å². The molecule has 1 fully saturated rings.